The summed E-state index contributed by atoms with van der Waals surface area (Å²) in [6.07, 6.45) is 0. The van der Waals surface area contributed by atoms with E-state index in [0.717, 1.165) is 52.4 Å². The minimum Gasteiger partial charge on any atom is -0.372 e. The fraction of sp³-hybridized carbons (Fsp3) is 0.500. The molecule has 2 aromatic carbocycles. The summed E-state index contributed by atoms with van der Waals surface area (Å²) in [5, 5.41) is 7.04. The van der Waals surface area contributed by atoms with Crippen LogP contribution in [0.2, 0.25) is 0 Å². The zero-order chi connectivity index (χ0) is 20.2. The maximum Gasteiger partial charge on any atom is 0.0366 e. The van der Waals surface area contributed by atoms with E-state index in [1.807, 2.05) is 0 Å². The SMILES string of the molecule is CCN(CC)c1ccc(CNCCNCc2ccc(N(CC)CC)cc2)cc1. The Hall–Kier alpha value is -2.04. The van der Waals surface area contributed by atoms with Crippen LogP contribution in [-0.2, 0) is 13.1 Å². The standard InChI is InChI=1S/C24H38N4/c1-5-27(6-2)23-13-9-21(10-14-23)19-25-17-18-26-20-22-11-15-24(16-12-22)28(7-3)8-4/h9-16,25-26H,5-8,17-20H2,1-4H3. The van der Waals surface area contributed by atoms with Gasteiger partial charge in [0.15, 0.2) is 0 Å². The lowest BCUT2D eigenvalue weighted by molar-refractivity contribution is 0.611. The molecule has 0 saturated carbocycles. The fourth-order valence-corrected chi connectivity index (χ4v) is 3.47. The third-order valence-corrected chi connectivity index (χ3v) is 5.27. The molecule has 0 bridgehead atoms. The van der Waals surface area contributed by atoms with Gasteiger partial charge in [0.05, 0.1) is 0 Å². The van der Waals surface area contributed by atoms with E-state index in [0.29, 0.717) is 0 Å². The molecule has 2 aromatic rings. The number of rotatable bonds is 13. The van der Waals surface area contributed by atoms with Gasteiger partial charge < -0.3 is 20.4 Å². The van der Waals surface area contributed by atoms with Gasteiger partial charge in [0, 0.05) is 63.7 Å². The zero-order valence-corrected chi connectivity index (χ0v) is 18.2. The molecule has 0 saturated heterocycles. The van der Waals surface area contributed by atoms with E-state index >= 15 is 0 Å². The van der Waals surface area contributed by atoms with Crippen LogP contribution in [0, 0.1) is 0 Å². The fourth-order valence-electron chi connectivity index (χ4n) is 3.47. The summed E-state index contributed by atoms with van der Waals surface area (Å²) in [6.45, 7) is 16.8. The van der Waals surface area contributed by atoms with Crippen molar-refractivity contribution >= 4 is 11.4 Å². The number of anilines is 2. The molecule has 154 valence electrons. The van der Waals surface area contributed by atoms with Crippen LogP contribution in [0.25, 0.3) is 0 Å². The Balaban J connectivity index is 1.64. The first-order valence-electron chi connectivity index (χ1n) is 10.8. The van der Waals surface area contributed by atoms with Gasteiger partial charge in [0.2, 0.25) is 0 Å². The Labute approximate surface area is 171 Å². The van der Waals surface area contributed by atoms with Crippen molar-refractivity contribution in [3.63, 3.8) is 0 Å². The van der Waals surface area contributed by atoms with Crippen LogP contribution >= 0.6 is 0 Å². The van der Waals surface area contributed by atoms with Gasteiger partial charge >= 0.3 is 0 Å². The van der Waals surface area contributed by atoms with Crippen molar-refractivity contribution in [1.29, 1.82) is 0 Å². The molecule has 2 rings (SSSR count). The predicted molar refractivity (Wildman–Crippen MR) is 123 cm³/mol. The number of nitrogens with zero attached hydrogens (tertiary/aromatic N) is 2. The summed E-state index contributed by atoms with van der Waals surface area (Å²) in [5.41, 5.74) is 5.29. The lowest BCUT2D eigenvalue weighted by Gasteiger charge is -2.21. The number of hydrogen-bond acceptors (Lipinski definition) is 4. The zero-order valence-electron chi connectivity index (χ0n) is 18.2. The third-order valence-electron chi connectivity index (χ3n) is 5.27. The summed E-state index contributed by atoms with van der Waals surface area (Å²) in [7, 11) is 0. The summed E-state index contributed by atoms with van der Waals surface area (Å²) in [4.78, 5) is 4.74. The maximum absolute atomic E-state index is 3.52. The molecule has 2 N–H and O–H groups in total. The summed E-state index contributed by atoms with van der Waals surface area (Å²) < 4.78 is 0. The normalized spacial score (nSPS) is 10.9. The van der Waals surface area contributed by atoms with Crippen molar-refractivity contribution in [2.75, 3.05) is 49.1 Å². The van der Waals surface area contributed by atoms with E-state index in [9.17, 15) is 0 Å². The molecule has 0 aliphatic carbocycles. The second kappa shape index (κ2) is 12.4. The third kappa shape index (κ3) is 6.84. The second-order valence-electron chi connectivity index (χ2n) is 7.03. The smallest absolute Gasteiger partial charge is 0.0366 e. The molecule has 0 amide bonds. The Morgan fingerprint density at radius 3 is 1.14 bits per heavy atom. The number of hydrogen-bond donors (Lipinski definition) is 2. The summed E-state index contributed by atoms with van der Waals surface area (Å²) in [6, 6.07) is 17.8. The van der Waals surface area contributed by atoms with Crippen LogP contribution in [0.3, 0.4) is 0 Å². The van der Waals surface area contributed by atoms with Crippen molar-refractivity contribution in [3.8, 4) is 0 Å². The molecule has 0 aromatic heterocycles. The first-order valence-corrected chi connectivity index (χ1v) is 10.8. The van der Waals surface area contributed by atoms with Crippen molar-refractivity contribution in [2.45, 2.75) is 40.8 Å². The maximum atomic E-state index is 3.52. The van der Waals surface area contributed by atoms with Gasteiger partial charge in [0.25, 0.3) is 0 Å². The summed E-state index contributed by atoms with van der Waals surface area (Å²) in [5.74, 6) is 0. The van der Waals surface area contributed by atoms with Gasteiger partial charge in [-0.15, -0.1) is 0 Å². The van der Waals surface area contributed by atoms with Gasteiger partial charge in [-0.3, -0.25) is 0 Å². The van der Waals surface area contributed by atoms with Gasteiger partial charge in [-0.2, -0.15) is 0 Å². The molecule has 0 radical (unpaired) electrons. The molecular weight excluding hydrogens is 344 g/mol. The van der Waals surface area contributed by atoms with Crippen LogP contribution in [0.15, 0.2) is 48.5 Å². The van der Waals surface area contributed by atoms with E-state index in [1.165, 1.54) is 22.5 Å². The molecular formula is C24H38N4. The minimum atomic E-state index is 0.915. The summed E-state index contributed by atoms with van der Waals surface area (Å²) >= 11 is 0. The number of benzene rings is 2. The Morgan fingerprint density at radius 1 is 0.536 bits per heavy atom. The number of nitrogens with one attached hydrogen (secondary N) is 2. The van der Waals surface area contributed by atoms with E-state index in [4.69, 9.17) is 0 Å². The first kappa shape index (κ1) is 22.3. The lowest BCUT2D eigenvalue weighted by Crippen LogP contribution is -2.27. The largest absolute Gasteiger partial charge is 0.372 e. The molecule has 0 heterocycles. The van der Waals surface area contributed by atoms with Gasteiger partial charge in [-0.25, -0.2) is 0 Å². The molecule has 0 unspecified atom stereocenters. The highest BCUT2D eigenvalue weighted by Crippen LogP contribution is 2.15. The Bertz CT molecular complexity index is 584. The van der Waals surface area contributed by atoms with Crippen LogP contribution in [0.1, 0.15) is 38.8 Å². The van der Waals surface area contributed by atoms with Gasteiger partial charge in [-0.1, -0.05) is 24.3 Å². The van der Waals surface area contributed by atoms with Gasteiger partial charge in [0.1, 0.15) is 0 Å². The van der Waals surface area contributed by atoms with Crippen molar-refractivity contribution in [3.05, 3.63) is 59.7 Å². The molecule has 0 aliphatic rings. The molecule has 0 aliphatic heterocycles. The second-order valence-corrected chi connectivity index (χ2v) is 7.03. The van der Waals surface area contributed by atoms with Crippen LogP contribution in [0.5, 0.6) is 0 Å². The van der Waals surface area contributed by atoms with E-state index in [1.54, 1.807) is 0 Å². The molecule has 0 atom stereocenters. The Kier molecular flexibility index (Phi) is 9.87. The minimum absolute atomic E-state index is 0.915. The van der Waals surface area contributed by atoms with Gasteiger partial charge in [-0.05, 0) is 63.1 Å². The molecule has 4 heteroatoms. The highest BCUT2D eigenvalue weighted by Gasteiger charge is 2.02. The molecule has 4 nitrogen and oxygen atoms in total. The molecule has 0 spiro atoms. The Morgan fingerprint density at radius 2 is 0.857 bits per heavy atom. The monoisotopic (exact) mass is 382 g/mol. The first-order chi connectivity index (χ1) is 13.7. The van der Waals surface area contributed by atoms with Crippen molar-refractivity contribution < 1.29 is 0 Å². The average Bonchev–Trinajstić information content (AvgIpc) is 2.74. The van der Waals surface area contributed by atoms with E-state index in [2.05, 4.69) is 96.7 Å². The predicted octanol–water partition coefficient (Wildman–Crippen LogP) is 4.26. The quantitative estimate of drug-likeness (QED) is 0.507. The molecule has 28 heavy (non-hydrogen) atoms. The average molecular weight is 383 g/mol. The van der Waals surface area contributed by atoms with Crippen LogP contribution in [0.4, 0.5) is 11.4 Å². The lowest BCUT2D eigenvalue weighted by atomic mass is 10.2. The van der Waals surface area contributed by atoms with E-state index in [-0.39, 0.29) is 0 Å². The van der Waals surface area contributed by atoms with Crippen LogP contribution in [-0.4, -0.2) is 39.3 Å². The van der Waals surface area contributed by atoms with E-state index < -0.39 is 0 Å². The highest BCUT2D eigenvalue weighted by molar-refractivity contribution is 5.48. The van der Waals surface area contributed by atoms with Crippen molar-refractivity contribution in [1.82, 2.24) is 10.6 Å². The highest BCUT2D eigenvalue weighted by atomic mass is 15.1. The van der Waals surface area contributed by atoms with Crippen molar-refractivity contribution in [2.24, 2.45) is 0 Å². The topological polar surface area (TPSA) is 30.5 Å². The molecule has 0 fully saturated rings. The van der Waals surface area contributed by atoms with Crippen LogP contribution < -0.4 is 20.4 Å².